The van der Waals surface area contributed by atoms with Gasteiger partial charge < -0.3 is 10.0 Å². The number of aliphatic hydroxyl groups excluding tert-OH is 1. The molecule has 1 N–H and O–H groups in total. The first kappa shape index (κ1) is 12.5. The molecule has 1 fully saturated rings. The Hall–Kier alpha value is -0.570. The lowest BCUT2D eigenvalue weighted by Crippen LogP contribution is -2.54. The van der Waals surface area contributed by atoms with E-state index in [4.69, 9.17) is 0 Å². The average molecular weight is 213 g/mol. The largest absolute Gasteiger partial charge is 0.391 e. The van der Waals surface area contributed by atoms with E-state index in [-0.39, 0.29) is 17.6 Å². The number of β-amino-alcohol motifs (C(OH)–C–C–N with tert-alkyl or cyclic N) is 1. The molecular weight excluding hydrogens is 190 g/mol. The number of hydrogen-bond acceptors (Lipinski definition) is 2. The summed E-state index contributed by atoms with van der Waals surface area (Å²) in [6, 6.07) is 0. The van der Waals surface area contributed by atoms with Crippen LogP contribution in [-0.4, -0.2) is 34.1 Å². The van der Waals surface area contributed by atoms with E-state index in [1.807, 2.05) is 18.7 Å². The Labute approximate surface area is 92.5 Å². The van der Waals surface area contributed by atoms with Crippen LogP contribution in [0.1, 0.15) is 47.0 Å². The first-order chi connectivity index (χ1) is 6.83. The number of rotatable bonds is 2. The third-order valence-corrected chi connectivity index (χ3v) is 3.10. The van der Waals surface area contributed by atoms with E-state index in [0.29, 0.717) is 18.9 Å². The van der Waals surface area contributed by atoms with Gasteiger partial charge in [-0.3, -0.25) is 4.79 Å². The van der Waals surface area contributed by atoms with Crippen LogP contribution >= 0.6 is 0 Å². The number of likely N-dealkylation sites (tertiary alicyclic amines) is 1. The zero-order valence-corrected chi connectivity index (χ0v) is 10.3. The lowest BCUT2D eigenvalue weighted by atomic mass is 9.88. The molecule has 0 radical (unpaired) electrons. The molecule has 1 aliphatic rings. The molecule has 1 heterocycles. The van der Waals surface area contributed by atoms with Crippen LogP contribution in [0.15, 0.2) is 0 Å². The van der Waals surface area contributed by atoms with Gasteiger partial charge >= 0.3 is 0 Å². The minimum atomic E-state index is -0.339. The number of amides is 1. The number of aliphatic hydroxyl groups is 1. The van der Waals surface area contributed by atoms with Gasteiger partial charge in [-0.2, -0.15) is 0 Å². The topological polar surface area (TPSA) is 40.5 Å². The molecule has 0 aromatic heterocycles. The molecule has 1 atom stereocenters. The Bertz CT molecular complexity index is 236. The quantitative estimate of drug-likeness (QED) is 0.759. The van der Waals surface area contributed by atoms with Crippen molar-refractivity contribution in [1.82, 2.24) is 4.90 Å². The lowest BCUT2D eigenvalue weighted by Gasteiger charge is -2.44. The molecule has 0 aromatic rings. The molecular formula is C12H23NO2. The second-order valence-electron chi connectivity index (χ2n) is 5.61. The van der Waals surface area contributed by atoms with E-state index in [1.54, 1.807) is 0 Å². The normalized spacial score (nSPS) is 25.7. The van der Waals surface area contributed by atoms with Gasteiger partial charge in [0.05, 0.1) is 6.10 Å². The zero-order valence-electron chi connectivity index (χ0n) is 10.3. The molecule has 0 spiro atoms. The van der Waals surface area contributed by atoms with Crippen molar-refractivity contribution in [1.29, 1.82) is 0 Å². The van der Waals surface area contributed by atoms with E-state index in [1.165, 1.54) is 0 Å². The van der Waals surface area contributed by atoms with Crippen LogP contribution < -0.4 is 0 Å². The van der Waals surface area contributed by atoms with Gasteiger partial charge in [-0.15, -0.1) is 0 Å². The van der Waals surface area contributed by atoms with Gasteiger partial charge in [0, 0.05) is 18.5 Å². The molecule has 1 unspecified atom stereocenters. The molecule has 1 saturated heterocycles. The van der Waals surface area contributed by atoms with Gasteiger partial charge in [0.15, 0.2) is 0 Å². The predicted octanol–water partition coefficient (Wildman–Crippen LogP) is 1.79. The van der Waals surface area contributed by atoms with E-state index in [2.05, 4.69) is 13.8 Å². The van der Waals surface area contributed by atoms with Crippen LogP contribution in [0.5, 0.6) is 0 Å². The van der Waals surface area contributed by atoms with Crippen LogP contribution in [0.4, 0.5) is 0 Å². The molecule has 0 saturated carbocycles. The minimum Gasteiger partial charge on any atom is -0.391 e. The van der Waals surface area contributed by atoms with Gasteiger partial charge in [-0.25, -0.2) is 0 Å². The molecule has 88 valence electrons. The predicted molar refractivity (Wildman–Crippen MR) is 60.5 cm³/mol. The average Bonchev–Trinajstić information content (AvgIpc) is 2.08. The van der Waals surface area contributed by atoms with E-state index >= 15 is 0 Å². The first-order valence-electron chi connectivity index (χ1n) is 5.81. The third-order valence-electron chi connectivity index (χ3n) is 3.10. The summed E-state index contributed by atoms with van der Waals surface area (Å²) in [5.41, 5.74) is -0.0921. The van der Waals surface area contributed by atoms with Crippen molar-refractivity contribution in [2.75, 3.05) is 6.54 Å². The van der Waals surface area contributed by atoms with Crippen LogP contribution in [-0.2, 0) is 4.79 Å². The fraction of sp³-hybridized carbons (Fsp3) is 0.917. The zero-order chi connectivity index (χ0) is 11.6. The molecule has 1 amide bonds. The van der Waals surface area contributed by atoms with Crippen molar-refractivity contribution in [3.8, 4) is 0 Å². The highest BCUT2D eigenvalue weighted by Crippen LogP contribution is 2.28. The molecule has 15 heavy (non-hydrogen) atoms. The molecule has 0 bridgehead atoms. The number of carbonyl (C=O) groups excluding carboxylic acids is 1. The van der Waals surface area contributed by atoms with Gasteiger partial charge in [0.25, 0.3) is 0 Å². The monoisotopic (exact) mass is 213 g/mol. The fourth-order valence-corrected chi connectivity index (χ4v) is 2.10. The molecule has 0 aromatic carbocycles. The molecule has 3 heteroatoms. The van der Waals surface area contributed by atoms with Crippen LogP contribution in [0, 0.1) is 5.92 Å². The maximum absolute atomic E-state index is 12.0. The smallest absolute Gasteiger partial charge is 0.223 e. The second-order valence-corrected chi connectivity index (χ2v) is 5.61. The Morgan fingerprint density at radius 2 is 2.13 bits per heavy atom. The van der Waals surface area contributed by atoms with Crippen molar-refractivity contribution in [2.45, 2.75) is 58.6 Å². The van der Waals surface area contributed by atoms with Crippen LogP contribution in [0.3, 0.4) is 0 Å². The van der Waals surface area contributed by atoms with Crippen LogP contribution in [0.25, 0.3) is 0 Å². The highest BCUT2D eigenvalue weighted by molar-refractivity contribution is 5.77. The maximum atomic E-state index is 12.0. The number of hydrogen-bond donors (Lipinski definition) is 1. The second kappa shape index (κ2) is 4.52. The lowest BCUT2D eigenvalue weighted by molar-refractivity contribution is -0.143. The van der Waals surface area contributed by atoms with Crippen molar-refractivity contribution >= 4 is 5.91 Å². The number of carbonyl (C=O) groups is 1. The summed E-state index contributed by atoms with van der Waals surface area (Å²) in [5, 5.41) is 9.60. The van der Waals surface area contributed by atoms with Gasteiger partial charge in [0.1, 0.15) is 0 Å². The summed E-state index contributed by atoms with van der Waals surface area (Å²) in [4.78, 5) is 13.8. The Balaban J connectivity index is 2.67. The Morgan fingerprint density at radius 3 is 2.67 bits per heavy atom. The summed E-state index contributed by atoms with van der Waals surface area (Å²) in [7, 11) is 0. The summed E-state index contributed by atoms with van der Waals surface area (Å²) in [6.07, 6.45) is 1.93. The highest BCUT2D eigenvalue weighted by Gasteiger charge is 2.36. The van der Waals surface area contributed by atoms with E-state index < -0.39 is 0 Å². The van der Waals surface area contributed by atoms with Gasteiger partial charge in [0.2, 0.25) is 5.91 Å². The van der Waals surface area contributed by atoms with E-state index in [9.17, 15) is 9.90 Å². The molecule has 3 nitrogen and oxygen atoms in total. The van der Waals surface area contributed by atoms with Gasteiger partial charge in [-0.05, 0) is 32.6 Å². The standard InChI is InChI=1S/C12H23NO2/c1-9(2)7-11(15)13-8-10(14)5-6-12(13,3)4/h9-10,14H,5-8H2,1-4H3. The van der Waals surface area contributed by atoms with Gasteiger partial charge in [-0.1, -0.05) is 13.8 Å². The highest BCUT2D eigenvalue weighted by atomic mass is 16.3. The van der Waals surface area contributed by atoms with Crippen molar-refractivity contribution in [3.05, 3.63) is 0 Å². The summed E-state index contributed by atoms with van der Waals surface area (Å²) >= 11 is 0. The van der Waals surface area contributed by atoms with Crippen LogP contribution in [0.2, 0.25) is 0 Å². The first-order valence-corrected chi connectivity index (χ1v) is 5.81. The minimum absolute atomic E-state index is 0.0921. The molecule has 1 aliphatic heterocycles. The van der Waals surface area contributed by atoms with Crippen molar-refractivity contribution in [3.63, 3.8) is 0 Å². The van der Waals surface area contributed by atoms with E-state index in [0.717, 1.165) is 12.8 Å². The summed E-state index contributed by atoms with van der Waals surface area (Å²) in [5.74, 6) is 0.557. The SMILES string of the molecule is CC(C)CC(=O)N1CC(O)CCC1(C)C. The maximum Gasteiger partial charge on any atom is 0.223 e. The third kappa shape index (κ3) is 3.20. The summed E-state index contributed by atoms with van der Waals surface area (Å²) in [6.45, 7) is 8.75. The molecule has 1 rings (SSSR count). The van der Waals surface area contributed by atoms with Crippen molar-refractivity contribution < 1.29 is 9.90 Å². The number of nitrogens with zero attached hydrogens (tertiary/aromatic N) is 1. The van der Waals surface area contributed by atoms with Crippen molar-refractivity contribution in [2.24, 2.45) is 5.92 Å². The Morgan fingerprint density at radius 1 is 1.53 bits per heavy atom. The number of piperidine rings is 1. The Kier molecular flexibility index (Phi) is 3.77. The summed E-state index contributed by atoms with van der Waals surface area (Å²) < 4.78 is 0. The molecule has 0 aliphatic carbocycles. The fourth-order valence-electron chi connectivity index (χ4n) is 2.10.